The molecule has 1 aliphatic rings. The third kappa shape index (κ3) is 3.90. The molecule has 0 saturated heterocycles. The number of hydrogen-bond acceptors (Lipinski definition) is 2. The molecule has 0 heterocycles. The normalized spacial score (nSPS) is 21.6. The highest BCUT2D eigenvalue weighted by atomic mass is 35.5. The van der Waals surface area contributed by atoms with Crippen molar-refractivity contribution in [3.8, 4) is 0 Å². The second-order valence-corrected chi connectivity index (χ2v) is 6.08. The summed E-state index contributed by atoms with van der Waals surface area (Å²) in [5.74, 6) is -2.99. The Balaban J connectivity index is 2.20. The van der Waals surface area contributed by atoms with Gasteiger partial charge < -0.3 is 10.4 Å². The van der Waals surface area contributed by atoms with E-state index in [1.165, 1.54) is 6.07 Å². The molecule has 0 aromatic heterocycles. The van der Waals surface area contributed by atoms with Gasteiger partial charge in [0.05, 0.1) is 22.5 Å². The van der Waals surface area contributed by atoms with Crippen LogP contribution >= 0.6 is 34.8 Å². The number of nitrogens with one attached hydrogen (secondary N) is 1. The van der Waals surface area contributed by atoms with Crippen molar-refractivity contribution in [3.05, 3.63) is 39.4 Å². The van der Waals surface area contributed by atoms with Crippen molar-refractivity contribution >= 4 is 52.4 Å². The molecule has 0 radical (unpaired) electrons. The summed E-state index contributed by atoms with van der Waals surface area (Å²) >= 11 is 17.8. The molecule has 112 valence electrons. The van der Waals surface area contributed by atoms with Crippen molar-refractivity contribution in [2.75, 3.05) is 5.32 Å². The number of halogens is 3. The maximum atomic E-state index is 12.3. The predicted molar refractivity (Wildman–Crippen MR) is 82.9 cm³/mol. The number of anilines is 1. The second kappa shape index (κ2) is 6.69. The number of allylic oxidation sites excluding steroid dienone is 2. The molecule has 0 saturated carbocycles. The highest BCUT2D eigenvalue weighted by Crippen LogP contribution is 2.34. The molecular weight excluding hydrogens is 337 g/mol. The third-order valence-corrected chi connectivity index (χ3v) is 4.21. The number of rotatable bonds is 3. The molecule has 2 atom stereocenters. The summed E-state index contributed by atoms with van der Waals surface area (Å²) in [7, 11) is 0. The van der Waals surface area contributed by atoms with Crippen LogP contribution in [0.15, 0.2) is 29.3 Å². The van der Waals surface area contributed by atoms with Crippen molar-refractivity contribution < 1.29 is 14.7 Å². The Morgan fingerprint density at radius 2 is 1.90 bits per heavy atom. The van der Waals surface area contributed by atoms with Gasteiger partial charge in [0.15, 0.2) is 0 Å². The quantitative estimate of drug-likeness (QED) is 0.861. The maximum Gasteiger partial charge on any atom is 0.307 e. The van der Waals surface area contributed by atoms with E-state index in [-0.39, 0.29) is 12.8 Å². The second-order valence-electron chi connectivity index (χ2n) is 4.76. The van der Waals surface area contributed by atoms with E-state index in [1.54, 1.807) is 18.2 Å². The number of carbonyl (C=O) groups is 2. The summed E-state index contributed by atoms with van der Waals surface area (Å²) in [6.07, 6.45) is 2.06. The van der Waals surface area contributed by atoms with E-state index in [0.29, 0.717) is 20.8 Å². The zero-order chi connectivity index (χ0) is 15.6. The van der Waals surface area contributed by atoms with Crippen LogP contribution in [0.5, 0.6) is 0 Å². The Kier molecular flexibility index (Phi) is 5.14. The summed E-state index contributed by atoms with van der Waals surface area (Å²) < 4.78 is 0. The first-order chi connectivity index (χ1) is 9.88. The Labute approximate surface area is 136 Å². The lowest BCUT2D eigenvalue weighted by Gasteiger charge is -2.26. The van der Waals surface area contributed by atoms with Crippen molar-refractivity contribution in [2.24, 2.45) is 11.8 Å². The van der Waals surface area contributed by atoms with Gasteiger partial charge in [-0.2, -0.15) is 0 Å². The first-order valence-corrected chi connectivity index (χ1v) is 7.35. The van der Waals surface area contributed by atoms with Gasteiger partial charge in [0.2, 0.25) is 5.91 Å². The van der Waals surface area contributed by atoms with Crippen LogP contribution in [0.25, 0.3) is 0 Å². The topological polar surface area (TPSA) is 66.4 Å². The van der Waals surface area contributed by atoms with Crippen LogP contribution in [0, 0.1) is 11.8 Å². The smallest absolute Gasteiger partial charge is 0.307 e. The minimum absolute atomic E-state index is 0.197. The van der Waals surface area contributed by atoms with Crippen LogP contribution < -0.4 is 5.32 Å². The number of carbonyl (C=O) groups excluding carboxylic acids is 1. The average molecular weight is 349 g/mol. The van der Waals surface area contributed by atoms with Crippen LogP contribution in [-0.2, 0) is 9.59 Å². The van der Waals surface area contributed by atoms with Crippen molar-refractivity contribution in [1.82, 2.24) is 0 Å². The van der Waals surface area contributed by atoms with E-state index in [1.807, 2.05) is 0 Å². The van der Waals surface area contributed by atoms with Gasteiger partial charge in [0.1, 0.15) is 0 Å². The molecule has 0 aliphatic heterocycles. The fourth-order valence-corrected chi connectivity index (χ4v) is 2.81. The summed E-state index contributed by atoms with van der Waals surface area (Å²) in [5.41, 5.74) is 0.351. The molecule has 1 aromatic rings. The number of carboxylic acid groups (broad SMARTS) is 1. The van der Waals surface area contributed by atoms with Gasteiger partial charge in [-0.1, -0.05) is 40.9 Å². The van der Waals surface area contributed by atoms with E-state index in [0.717, 1.165) is 0 Å². The van der Waals surface area contributed by atoms with Crippen molar-refractivity contribution in [3.63, 3.8) is 0 Å². The van der Waals surface area contributed by atoms with Gasteiger partial charge in [-0.15, -0.1) is 0 Å². The number of benzene rings is 1. The summed E-state index contributed by atoms with van der Waals surface area (Å²) in [4.78, 5) is 23.6. The number of carboxylic acids is 1. The highest BCUT2D eigenvalue weighted by molar-refractivity contribution is 6.35. The number of aliphatic carboxylic acids is 1. The van der Waals surface area contributed by atoms with Crippen molar-refractivity contribution in [1.29, 1.82) is 0 Å². The van der Waals surface area contributed by atoms with Crippen LogP contribution in [0.4, 0.5) is 5.69 Å². The zero-order valence-electron chi connectivity index (χ0n) is 10.8. The molecule has 7 heteroatoms. The van der Waals surface area contributed by atoms with Gasteiger partial charge in [0.25, 0.3) is 0 Å². The van der Waals surface area contributed by atoms with Crippen LogP contribution in [-0.4, -0.2) is 17.0 Å². The number of hydrogen-bond donors (Lipinski definition) is 2. The van der Waals surface area contributed by atoms with E-state index in [9.17, 15) is 14.7 Å². The summed E-state index contributed by atoms with van der Waals surface area (Å²) in [6, 6.07) is 4.67. The average Bonchev–Trinajstić information content (AvgIpc) is 2.42. The van der Waals surface area contributed by atoms with E-state index in [4.69, 9.17) is 34.8 Å². The largest absolute Gasteiger partial charge is 0.481 e. The third-order valence-electron chi connectivity index (χ3n) is 3.33. The minimum Gasteiger partial charge on any atom is -0.481 e. The molecule has 1 aromatic carbocycles. The van der Waals surface area contributed by atoms with Crippen LogP contribution in [0.3, 0.4) is 0 Å². The molecule has 0 fully saturated rings. The lowest BCUT2D eigenvalue weighted by Crippen LogP contribution is -2.35. The number of amides is 1. The van der Waals surface area contributed by atoms with E-state index in [2.05, 4.69) is 5.32 Å². The lowest BCUT2D eigenvalue weighted by molar-refractivity contribution is -0.146. The summed E-state index contributed by atoms with van der Waals surface area (Å²) in [6.45, 7) is 0. The first-order valence-electron chi connectivity index (χ1n) is 6.21. The molecule has 2 rings (SSSR count). The van der Waals surface area contributed by atoms with Crippen molar-refractivity contribution in [2.45, 2.75) is 12.8 Å². The van der Waals surface area contributed by atoms with Gasteiger partial charge >= 0.3 is 5.97 Å². The molecule has 0 unspecified atom stereocenters. The highest BCUT2D eigenvalue weighted by Gasteiger charge is 2.36. The fraction of sp³-hybridized carbons (Fsp3) is 0.286. The van der Waals surface area contributed by atoms with Crippen LogP contribution in [0.1, 0.15) is 12.8 Å². The minimum atomic E-state index is -1.02. The molecule has 4 nitrogen and oxygen atoms in total. The van der Waals surface area contributed by atoms with Gasteiger partial charge in [-0.25, -0.2) is 0 Å². The zero-order valence-corrected chi connectivity index (χ0v) is 13.0. The Morgan fingerprint density at radius 1 is 1.19 bits per heavy atom. The molecule has 0 spiro atoms. The Hall–Kier alpha value is -1.23. The lowest BCUT2D eigenvalue weighted by atomic mass is 9.82. The monoisotopic (exact) mass is 347 g/mol. The first kappa shape index (κ1) is 16.1. The standard InChI is InChI=1S/C14H12Cl3NO3/c15-7-1-3-9(14(20)21)10(5-7)13(19)18-12-6-8(16)2-4-11(12)17/h1-2,4,6,9-10H,3,5H2,(H,18,19)(H,20,21)/t9-,10-/m1/s1. The molecule has 1 aliphatic carbocycles. The Morgan fingerprint density at radius 3 is 2.57 bits per heavy atom. The predicted octanol–water partition coefficient (Wildman–Crippen LogP) is 4.17. The fourth-order valence-electron chi connectivity index (χ4n) is 2.22. The SMILES string of the molecule is O=C(O)[C@@H]1CC=C(Cl)C[C@H]1C(=O)Nc1cc(Cl)ccc1Cl. The Bertz CT molecular complexity index is 615. The molecule has 0 bridgehead atoms. The molecule has 21 heavy (non-hydrogen) atoms. The molecular formula is C14H12Cl3NO3. The maximum absolute atomic E-state index is 12.3. The summed E-state index contributed by atoms with van der Waals surface area (Å²) in [5, 5.41) is 13.1. The molecule has 2 N–H and O–H groups in total. The van der Waals surface area contributed by atoms with E-state index >= 15 is 0 Å². The van der Waals surface area contributed by atoms with Gasteiger partial charge in [-0.05, 0) is 31.0 Å². The van der Waals surface area contributed by atoms with Gasteiger partial charge in [0, 0.05) is 10.1 Å². The van der Waals surface area contributed by atoms with Gasteiger partial charge in [-0.3, -0.25) is 9.59 Å². The van der Waals surface area contributed by atoms with E-state index < -0.39 is 23.7 Å². The molecule has 1 amide bonds. The van der Waals surface area contributed by atoms with Crippen LogP contribution in [0.2, 0.25) is 10.0 Å².